The normalized spacial score (nSPS) is 12.3. The molecule has 4 aromatic rings. The monoisotopic (exact) mass is 520 g/mol. The van der Waals surface area contributed by atoms with Gasteiger partial charge in [-0.3, -0.25) is 9.10 Å². The zero-order valence-electron chi connectivity index (χ0n) is 20.3. The van der Waals surface area contributed by atoms with E-state index in [2.05, 4.69) is 36.5 Å². The van der Waals surface area contributed by atoms with E-state index >= 15 is 0 Å². The molecule has 5 nitrogen and oxygen atoms in total. The number of nitrogens with one attached hydrogen (secondary N) is 1. The molecule has 7 heteroatoms. The topological polar surface area (TPSA) is 66.5 Å². The predicted molar refractivity (Wildman–Crippen MR) is 147 cm³/mol. The van der Waals surface area contributed by atoms with Gasteiger partial charge < -0.3 is 5.32 Å². The van der Waals surface area contributed by atoms with Crippen molar-refractivity contribution in [2.45, 2.75) is 25.2 Å². The van der Waals surface area contributed by atoms with E-state index in [4.69, 9.17) is 11.6 Å². The smallest absolute Gasteiger partial charge is 0.264 e. The number of carbonyl (C=O) groups excluding carboxylic acids is 1. The molecule has 0 heterocycles. The maximum Gasteiger partial charge on any atom is 0.264 e. The fraction of sp³-hybridized carbons (Fsp3) is 0.207. The number of benzene rings is 4. The molecule has 36 heavy (non-hydrogen) atoms. The van der Waals surface area contributed by atoms with Gasteiger partial charge in [-0.25, -0.2) is 8.42 Å². The summed E-state index contributed by atoms with van der Waals surface area (Å²) in [6, 6.07) is 27.6. The summed E-state index contributed by atoms with van der Waals surface area (Å²) in [4.78, 5) is 13.1. The van der Waals surface area contributed by atoms with E-state index in [1.165, 1.54) is 28.5 Å². The van der Waals surface area contributed by atoms with Crippen molar-refractivity contribution in [2.24, 2.45) is 5.92 Å². The molecule has 4 aromatic carbocycles. The summed E-state index contributed by atoms with van der Waals surface area (Å²) in [5, 5.41) is 5.72. The number of sulfonamides is 1. The highest BCUT2D eigenvalue weighted by atomic mass is 35.5. The quantitative estimate of drug-likeness (QED) is 0.294. The average Bonchev–Trinajstić information content (AvgIpc) is 2.88. The second kappa shape index (κ2) is 11.1. The number of hydrogen-bond donors (Lipinski definition) is 1. The first-order valence-corrected chi connectivity index (χ1v) is 13.6. The fourth-order valence-corrected chi connectivity index (χ4v) is 5.93. The number of amides is 1. The summed E-state index contributed by atoms with van der Waals surface area (Å²) in [5.41, 5.74) is 2.30. The zero-order valence-corrected chi connectivity index (χ0v) is 21.9. The molecule has 0 aliphatic heterocycles. The third-order valence-electron chi connectivity index (χ3n) is 6.15. The lowest BCUT2D eigenvalue weighted by Gasteiger charge is -2.26. The first kappa shape index (κ1) is 25.7. The highest BCUT2D eigenvalue weighted by Gasteiger charge is 2.28. The lowest BCUT2D eigenvalue weighted by molar-refractivity contribution is -0.119. The van der Waals surface area contributed by atoms with Crippen LogP contribution in [0.3, 0.4) is 0 Å². The first-order valence-electron chi connectivity index (χ1n) is 11.8. The molecule has 1 unspecified atom stereocenters. The summed E-state index contributed by atoms with van der Waals surface area (Å²) in [6.07, 6.45) is 0.793. The van der Waals surface area contributed by atoms with Gasteiger partial charge in [-0.2, -0.15) is 0 Å². The van der Waals surface area contributed by atoms with Gasteiger partial charge in [-0.15, -0.1) is 0 Å². The van der Waals surface area contributed by atoms with Crippen LogP contribution in [0.2, 0.25) is 5.02 Å². The molecule has 4 rings (SSSR count). The van der Waals surface area contributed by atoms with Gasteiger partial charge in [-0.05, 0) is 65.4 Å². The minimum Gasteiger partial charge on any atom is -0.354 e. The Morgan fingerprint density at radius 3 is 2.42 bits per heavy atom. The van der Waals surface area contributed by atoms with E-state index in [1.54, 1.807) is 43.3 Å². The van der Waals surface area contributed by atoms with Crippen molar-refractivity contribution in [1.29, 1.82) is 0 Å². The Morgan fingerprint density at radius 2 is 1.64 bits per heavy atom. The highest BCUT2D eigenvalue weighted by molar-refractivity contribution is 7.92. The van der Waals surface area contributed by atoms with E-state index in [1.807, 2.05) is 18.2 Å². The van der Waals surface area contributed by atoms with Gasteiger partial charge >= 0.3 is 0 Å². The minimum absolute atomic E-state index is 0.112. The number of aryl methyl sites for hydroxylation is 1. The summed E-state index contributed by atoms with van der Waals surface area (Å²) in [7, 11) is -3.99. The number of rotatable bonds is 9. The van der Waals surface area contributed by atoms with Crippen LogP contribution in [0.4, 0.5) is 5.69 Å². The van der Waals surface area contributed by atoms with E-state index in [0.717, 1.165) is 10.7 Å². The molecule has 0 aliphatic carbocycles. The summed E-state index contributed by atoms with van der Waals surface area (Å²) < 4.78 is 28.2. The van der Waals surface area contributed by atoms with Crippen LogP contribution in [-0.4, -0.2) is 27.4 Å². The zero-order chi connectivity index (χ0) is 25.7. The van der Waals surface area contributed by atoms with Gasteiger partial charge in [0.2, 0.25) is 5.91 Å². The molecule has 0 aromatic heterocycles. The molecule has 1 atom stereocenters. The van der Waals surface area contributed by atoms with Crippen LogP contribution in [-0.2, 0) is 21.2 Å². The summed E-state index contributed by atoms with van der Waals surface area (Å²) >= 11 is 6.19. The van der Waals surface area contributed by atoms with E-state index < -0.39 is 10.0 Å². The molecule has 0 radical (unpaired) electrons. The van der Waals surface area contributed by atoms with Crippen molar-refractivity contribution in [3.63, 3.8) is 0 Å². The van der Waals surface area contributed by atoms with Crippen molar-refractivity contribution in [1.82, 2.24) is 5.32 Å². The largest absolute Gasteiger partial charge is 0.354 e. The number of nitrogens with zero attached hydrogens (tertiary/aromatic N) is 1. The molecule has 0 saturated carbocycles. The van der Waals surface area contributed by atoms with Crippen LogP contribution in [0.1, 0.15) is 18.1 Å². The molecule has 0 bridgehead atoms. The second-order valence-electron chi connectivity index (χ2n) is 9.01. The molecular formula is C29H29ClN2O3S. The molecule has 1 amide bonds. The van der Waals surface area contributed by atoms with E-state index in [0.29, 0.717) is 22.8 Å². The van der Waals surface area contributed by atoms with Crippen molar-refractivity contribution >= 4 is 44.0 Å². The van der Waals surface area contributed by atoms with Crippen LogP contribution < -0.4 is 9.62 Å². The maximum atomic E-state index is 13.5. The molecular weight excluding hydrogens is 492 g/mol. The Hall–Kier alpha value is -3.35. The Morgan fingerprint density at radius 1 is 0.944 bits per heavy atom. The maximum absolute atomic E-state index is 13.5. The number of carbonyl (C=O) groups is 1. The molecule has 0 spiro atoms. The molecule has 1 N–H and O–H groups in total. The molecule has 0 aliphatic rings. The lowest BCUT2D eigenvalue weighted by atomic mass is 9.96. The second-order valence-corrected chi connectivity index (χ2v) is 11.3. The Balaban J connectivity index is 1.50. The Labute approximate surface area is 217 Å². The fourth-order valence-electron chi connectivity index (χ4n) is 4.26. The van der Waals surface area contributed by atoms with Crippen LogP contribution >= 0.6 is 11.6 Å². The predicted octanol–water partition coefficient (Wildman–Crippen LogP) is 5.99. The first-order chi connectivity index (χ1) is 17.3. The molecule has 0 saturated heterocycles. The Bertz CT molecular complexity index is 1470. The SMILES string of the molecule is Cc1ccc(Cl)cc1N(CC(=O)NCC(C)Cc1cccc2ccccc12)S(=O)(=O)c1ccccc1. The third kappa shape index (κ3) is 5.89. The molecule has 0 fully saturated rings. The number of fused-ring (bicyclic) bond motifs is 1. The lowest BCUT2D eigenvalue weighted by Crippen LogP contribution is -2.42. The van der Waals surface area contributed by atoms with Crippen LogP contribution in [0, 0.1) is 12.8 Å². The average molecular weight is 521 g/mol. The third-order valence-corrected chi connectivity index (χ3v) is 8.16. The van der Waals surface area contributed by atoms with Gasteiger partial charge in [0.15, 0.2) is 0 Å². The number of halogens is 1. The van der Waals surface area contributed by atoms with Gasteiger partial charge in [-0.1, -0.05) is 85.3 Å². The van der Waals surface area contributed by atoms with E-state index in [9.17, 15) is 13.2 Å². The Kier molecular flexibility index (Phi) is 7.97. The van der Waals surface area contributed by atoms with Crippen LogP contribution in [0.5, 0.6) is 0 Å². The number of hydrogen-bond acceptors (Lipinski definition) is 3. The van der Waals surface area contributed by atoms with Crippen LogP contribution in [0.25, 0.3) is 10.8 Å². The number of anilines is 1. The minimum atomic E-state index is -3.99. The van der Waals surface area contributed by atoms with Crippen molar-refractivity contribution in [3.8, 4) is 0 Å². The van der Waals surface area contributed by atoms with Crippen LogP contribution in [0.15, 0.2) is 95.9 Å². The van der Waals surface area contributed by atoms with E-state index in [-0.39, 0.29) is 23.3 Å². The summed E-state index contributed by atoms with van der Waals surface area (Å²) in [5.74, 6) is -0.217. The van der Waals surface area contributed by atoms with Gasteiger partial charge in [0.25, 0.3) is 10.0 Å². The van der Waals surface area contributed by atoms with Crippen molar-refractivity contribution in [2.75, 3.05) is 17.4 Å². The molecule has 186 valence electrons. The van der Waals surface area contributed by atoms with Gasteiger partial charge in [0.05, 0.1) is 10.6 Å². The highest BCUT2D eigenvalue weighted by Crippen LogP contribution is 2.29. The van der Waals surface area contributed by atoms with Gasteiger partial charge in [0, 0.05) is 11.6 Å². The summed E-state index contributed by atoms with van der Waals surface area (Å²) in [6.45, 7) is 3.94. The van der Waals surface area contributed by atoms with Crippen molar-refractivity contribution < 1.29 is 13.2 Å². The standard InChI is InChI=1S/C29H29ClN2O3S/c1-21(17-24-11-8-10-23-9-6-7-14-27(23)24)19-31-29(33)20-32(28-18-25(30)16-15-22(28)2)36(34,35)26-12-4-3-5-13-26/h3-16,18,21H,17,19-20H2,1-2H3,(H,31,33). The van der Waals surface area contributed by atoms with Crippen molar-refractivity contribution in [3.05, 3.63) is 107 Å². The van der Waals surface area contributed by atoms with Gasteiger partial charge in [0.1, 0.15) is 6.54 Å².